The Kier molecular flexibility index (Phi) is 3.17. The topological polar surface area (TPSA) is 29.3 Å². The molecular weight excluding hydrogens is 184 g/mol. The van der Waals surface area contributed by atoms with Crippen molar-refractivity contribution in [1.82, 2.24) is 4.90 Å². The Morgan fingerprint density at radius 2 is 2.20 bits per heavy atom. The first-order valence-corrected chi connectivity index (χ1v) is 6.26. The van der Waals surface area contributed by atoms with Crippen molar-refractivity contribution in [2.45, 2.75) is 51.1 Å². The highest BCUT2D eigenvalue weighted by Gasteiger charge is 2.40. The molecule has 2 aliphatic rings. The number of hydrogen-bond donors (Lipinski definition) is 1. The minimum Gasteiger partial charge on any atom is -0.327 e. The van der Waals surface area contributed by atoms with Crippen molar-refractivity contribution in [3.05, 3.63) is 12.7 Å². The van der Waals surface area contributed by atoms with Gasteiger partial charge in [0.2, 0.25) is 0 Å². The number of nitrogens with two attached hydrogens (primary N) is 1. The van der Waals surface area contributed by atoms with Gasteiger partial charge in [-0.2, -0.15) is 0 Å². The molecule has 0 heterocycles. The number of rotatable bonds is 5. The van der Waals surface area contributed by atoms with Gasteiger partial charge in [-0.05, 0) is 31.1 Å². The van der Waals surface area contributed by atoms with Gasteiger partial charge in [0.05, 0.1) is 0 Å². The summed E-state index contributed by atoms with van der Waals surface area (Å²) in [5.41, 5.74) is 6.58. The lowest BCUT2D eigenvalue weighted by atomic mass is 9.84. The second-order valence-corrected chi connectivity index (χ2v) is 5.60. The van der Waals surface area contributed by atoms with Crippen LogP contribution in [0.25, 0.3) is 0 Å². The van der Waals surface area contributed by atoms with Gasteiger partial charge < -0.3 is 5.73 Å². The molecular formula is C13H24N2. The zero-order chi connectivity index (χ0) is 10.9. The van der Waals surface area contributed by atoms with Gasteiger partial charge in [-0.25, -0.2) is 0 Å². The van der Waals surface area contributed by atoms with E-state index >= 15 is 0 Å². The maximum absolute atomic E-state index is 6.23. The SMILES string of the molecule is C=CCN(CC1(C)CCCC1N)C1CC1. The fourth-order valence-corrected chi connectivity index (χ4v) is 2.87. The molecule has 2 heteroatoms. The molecule has 2 N–H and O–H groups in total. The lowest BCUT2D eigenvalue weighted by molar-refractivity contribution is 0.158. The van der Waals surface area contributed by atoms with E-state index in [1.165, 1.54) is 38.6 Å². The third-order valence-electron chi connectivity index (χ3n) is 4.15. The number of nitrogens with zero attached hydrogens (tertiary/aromatic N) is 1. The molecule has 2 fully saturated rings. The fraction of sp³-hybridized carbons (Fsp3) is 0.846. The molecule has 2 nitrogen and oxygen atoms in total. The maximum Gasteiger partial charge on any atom is 0.0163 e. The summed E-state index contributed by atoms with van der Waals surface area (Å²) < 4.78 is 0. The largest absolute Gasteiger partial charge is 0.327 e. The average molecular weight is 208 g/mol. The third kappa shape index (κ3) is 2.43. The van der Waals surface area contributed by atoms with Crippen molar-refractivity contribution < 1.29 is 0 Å². The third-order valence-corrected chi connectivity index (χ3v) is 4.15. The summed E-state index contributed by atoms with van der Waals surface area (Å²) in [7, 11) is 0. The quantitative estimate of drug-likeness (QED) is 0.702. The van der Waals surface area contributed by atoms with Crippen LogP contribution in [0.4, 0.5) is 0 Å². The predicted molar refractivity (Wildman–Crippen MR) is 64.7 cm³/mol. The van der Waals surface area contributed by atoms with Gasteiger partial charge in [0.25, 0.3) is 0 Å². The molecule has 2 aliphatic carbocycles. The van der Waals surface area contributed by atoms with Gasteiger partial charge in [-0.1, -0.05) is 19.4 Å². The summed E-state index contributed by atoms with van der Waals surface area (Å²) in [6.45, 7) is 8.42. The van der Waals surface area contributed by atoms with Crippen LogP contribution in [0.1, 0.15) is 39.0 Å². The van der Waals surface area contributed by atoms with Crippen LogP contribution in [-0.2, 0) is 0 Å². The average Bonchev–Trinajstić information content (AvgIpc) is 2.96. The molecule has 0 saturated heterocycles. The van der Waals surface area contributed by atoms with Crippen LogP contribution >= 0.6 is 0 Å². The molecule has 0 amide bonds. The second-order valence-electron chi connectivity index (χ2n) is 5.60. The molecule has 0 aliphatic heterocycles. The summed E-state index contributed by atoms with van der Waals surface area (Å²) in [6.07, 6.45) is 8.60. The predicted octanol–water partition coefficient (Wildman–Crippen LogP) is 2.15. The molecule has 0 bridgehead atoms. The van der Waals surface area contributed by atoms with E-state index in [2.05, 4.69) is 18.4 Å². The van der Waals surface area contributed by atoms with E-state index in [0.29, 0.717) is 11.5 Å². The molecule has 2 atom stereocenters. The van der Waals surface area contributed by atoms with E-state index in [1.807, 2.05) is 6.08 Å². The second kappa shape index (κ2) is 4.26. The molecule has 15 heavy (non-hydrogen) atoms. The lowest BCUT2D eigenvalue weighted by Gasteiger charge is -2.35. The van der Waals surface area contributed by atoms with Gasteiger partial charge in [0.1, 0.15) is 0 Å². The van der Waals surface area contributed by atoms with Crippen molar-refractivity contribution in [2.24, 2.45) is 11.1 Å². The van der Waals surface area contributed by atoms with E-state index in [9.17, 15) is 0 Å². The molecule has 0 aromatic heterocycles. The van der Waals surface area contributed by atoms with Crippen LogP contribution in [0, 0.1) is 5.41 Å². The van der Waals surface area contributed by atoms with Crippen molar-refractivity contribution in [3.63, 3.8) is 0 Å². The Bertz CT molecular complexity index is 235. The highest BCUT2D eigenvalue weighted by molar-refractivity contribution is 4.97. The van der Waals surface area contributed by atoms with Gasteiger partial charge in [0, 0.05) is 25.2 Å². The molecule has 2 unspecified atom stereocenters. The summed E-state index contributed by atoms with van der Waals surface area (Å²) in [4.78, 5) is 2.58. The highest BCUT2D eigenvalue weighted by Crippen LogP contribution is 2.39. The normalized spacial score (nSPS) is 36.1. The van der Waals surface area contributed by atoms with Gasteiger partial charge in [-0.3, -0.25) is 4.90 Å². The minimum atomic E-state index is 0.353. The Balaban J connectivity index is 1.94. The standard InChI is InChI=1S/C13H24N2/c1-3-9-15(11-6-7-11)10-13(2)8-4-5-12(13)14/h3,11-12H,1,4-10,14H2,2H3. The monoisotopic (exact) mass is 208 g/mol. The van der Waals surface area contributed by atoms with Crippen molar-refractivity contribution in [1.29, 1.82) is 0 Å². The van der Waals surface area contributed by atoms with E-state index in [4.69, 9.17) is 5.73 Å². The Hall–Kier alpha value is -0.340. The molecule has 2 saturated carbocycles. The minimum absolute atomic E-state index is 0.353. The Morgan fingerprint density at radius 3 is 2.67 bits per heavy atom. The van der Waals surface area contributed by atoms with Crippen LogP contribution in [0.5, 0.6) is 0 Å². The zero-order valence-electron chi connectivity index (χ0n) is 9.91. The van der Waals surface area contributed by atoms with Gasteiger partial charge >= 0.3 is 0 Å². The summed E-state index contributed by atoms with van der Waals surface area (Å²) >= 11 is 0. The first-order valence-electron chi connectivity index (χ1n) is 6.26. The van der Waals surface area contributed by atoms with Crippen LogP contribution in [-0.4, -0.2) is 30.1 Å². The van der Waals surface area contributed by atoms with Crippen molar-refractivity contribution in [3.8, 4) is 0 Å². The molecule has 0 spiro atoms. The smallest absolute Gasteiger partial charge is 0.0163 e. The van der Waals surface area contributed by atoms with E-state index in [0.717, 1.165) is 12.6 Å². The molecule has 0 aromatic rings. The van der Waals surface area contributed by atoms with Crippen LogP contribution in [0.2, 0.25) is 0 Å². The Morgan fingerprint density at radius 1 is 1.47 bits per heavy atom. The van der Waals surface area contributed by atoms with Crippen LogP contribution in [0.3, 0.4) is 0 Å². The first kappa shape index (κ1) is 11.2. The zero-order valence-corrected chi connectivity index (χ0v) is 9.91. The van der Waals surface area contributed by atoms with Crippen LogP contribution in [0.15, 0.2) is 12.7 Å². The lowest BCUT2D eigenvalue weighted by Crippen LogP contribution is -2.45. The number of hydrogen-bond acceptors (Lipinski definition) is 2. The molecule has 0 radical (unpaired) electrons. The van der Waals surface area contributed by atoms with Gasteiger partial charge in [0.15, 0.2) is 0 Å². The Labute approximate surface area is 93.5 Å². The van der Waals surface area contributed by atoms with Crippen LogP contribution < -0.4 is 5.73 Å². The van der Waals surface area contributed by atoms with E-state index in [-0.39, 0.29) is 0 Å². The first-order chi connectivity index (χ1) is 7.15. The maximum atomic E-state index is 6.23. The fourth-order valence-electron chi connectivity index (χ4n) is 2.87. The summed E-state index contributed by atoms with van der Waals surface area (Å²) in [5.74, 6) is 0. The van der Waals surface area contributed by atoms with Crippen molar-refractivity contribution >= 4 is 0 Å². The molecule has 2 rings (SSSR count). The van der Waals surface area contributed by atoms with E-state index in [1.54, 1.807) is 0 Å². The summed E-state index contributed by atoms with van der Waals surface area (Å²) in [6, 6.07) is 1.23. The molecule has 86 valence electrons. The van der Waals surface area contributed by atoms with E-state index < -0.39 is 0 Å². The highest BCUT2D eigenvalue weighted by atomic mass is 15.2. The van der Waals surface area contributed by atoms with Gasteiger partial charge in [-0.15, -0.1) is 6.58 Å². The summed E-state index contributed by atoms with van der Waals surface area (Å²) in [5, 5.41) is 0. The van der Waals surface area contributed by atoms with Crippen molar-refractivity contribution in [2.75, 3.05) is 13.1 Å². The molecule has 0 aromatic carbocycles.